The smallest absolute Gasteiger partial charge is 0.230 e. The predicted octanol–water partition coefficient (Wildman–Crippen LogP) is 1.21. The Labute approximate surface area is 144 Å². The summed E-state index contributed by atoms with van der Waals surface area (Å²) in [5.41, 5.74) is 2.34. The number of nitrogens with zero attached hydrogens (tertiary/aromatic N) is 3. The molecule has 24 heavy (non-hydrogen) atoms. The quantitative estimate of drug-likeness (QED) is 0.623. The number of thioether (sulfide) groups is 1. The Kier molecular flexibility index (Phi) is 5.61. The van der Waals surface area contributed by atoms with Crippen LogP contribution in [-0.4, -0.2) is 31.3 Å². The maximum Gasteiger partial charge on any atom is 0.230 e. The lowest BCUT2D eigenvalue weighted by Crippen LogP contribution is -2.27. The van der Waals surface area contributed by atoms with Gasteiger partial charge in [0.1, 0.15) is 0 Å². The first kappa shape index (κ1) is 18.0. The number of rotatable bonds is 5. The summed E-state index contributed by atoms with van der Waals surface area (Å²) in [4.78, 5) is 32.2. The van der Waals surface area contributed by atoms with Gasteiger partial charge in [0.15, 0.2) is 10.9 Å². The molecule has 2 rings (SSSR count). The standard InChI is InChI=1S/C16H20N4O3S/c1-9-5-10(2)19-16(18-9)24-8-14(22)17-7-12-15(23)13(21)6-11(3)20(12)4/h5-6,23H,7-8H2,1-4H3,(H,17,22). The highest BCUT2D eigenvalue weighted by Crippen LogP contribution is 2.15. The van der Waals surface area contributed by atoms with Gasteiger partial charge >= 0.3 is 0 Å². The summed E-state index contributed by atoms with van der Waals surface area (Å²) in [5, 5.41) is 13.1. The minimum absolute atomic E-state index is 0.0757. The molecule has 128 valence electrons. The predicted molar refractivity (Wildman–Crippen MR) is 92.2 cm³/mol. The zero-order valence-electron chi connectivity index (χ0n) is 14.1. The van der Waals surface area contributed by atoms with Crippen molar-refractivity contribution in [3.63, 3.8) is 0 Å². The van der Waals surface area contributed by atoms with Gasteiger partial charge in [0.25, 0.3) is 0 Å². The van der Waals surface area contributed by atoms with Crippen LogP contribution in [0, 0.1) is 20.8 Å². The third-order valence-electron chi connectivity index (χ3n) is 3.53. The van der Waals surface area contributed by atoms with Gasteiger partial charge < -0.3 is 15.0 Å². The van der Waals surface area contributed by atoms with Crippen LogP contribution in [0.15, 0.2) is 22.1 Å². The van der Waals surface area contributed by atoms with Crippen molar-refractivity contribution in [2.75, 3.05) is 5.75 Å². The Morgan fingerprint density at radius 1 is 1.25 bits per heavy atom. The molecule has 0 saturated carbocycles. The number of pyridine rings is 1. The van der Waals surface area contributed by atoms with Crippen LogP contribution in [0.2, 0.25) is 0 Å². The van der Waals surface area contributed by atoms with E-state index >= 15 is 0 Å². The zero-order chi connectivity index (χ0) is 17.9. The highest BCUT2D eigenvalue weighted by Gasteiger charge is 2.12. The van der Waals surface area contributed by atoms with Crippen LogP contribution in [0.5, 0.6) is 5.75 Å². The first-order valence-corrected chi connectivity index (χ1v) is 8.36. The fourth-order valence-electron chi connectivity index (χ4n) is 2.19. The van der Waals surface area contributed by atoms with Crippen LogP contribution in [0.4, 0.5) is 0 Å². The van der Waals surface area contributed by atoms with Gasteiger partial charge in [-0.3, -0.25) is 9.59 Å². The molecule has 0 spiro atoms. The van der Waals surface area contributed by atoms with Gasteiger partial charge in [-0.25, -0.2) is 9.97 Å². The van der Waals surface area contributed by atoms with E-state index in [9.17, 15) is 14.7 Å². The lowest BCUT2D eigenvalue weighted by atomic mass is 10.2. The second-order valence-electron chi connectivity index (χ2n) is 5.50. The number of carbonyl (C=O) groups is 1. The molecule has 0 bridgehead atoms. The number of hydrogen-bond donors (Lipinski definition) is 2. The highest BCUT2D eigenvalue weighted by atomic mass is 32.2. The maximum absolute atomic E-state index is 12.0. The third-order valence-corrected chi connectivity index (χ3v) is 4.38. The van der Waals surface area contributed by atoms with Gasteiger partial charge in [-0.05, 0) is 26.8 Å². The molecule has 2 N–H and O–H groups in total. The number of aryl methyl sites for hydroxylation is 3. The SMILES string of the molecule is Cc1cc(C)nc(SCC(=O)NCc2c(O)c(=O)cc(C)n2C)n1. The molecule has 2 heterocycles. The molecule has 1 amide bonds. The Morgan fingerprint density at radius 3 is 2.50 bits per heavy atom. The van der Waals surface area contributed by atoms with Crippen LogP contribution in [0.1, 0.15) is 22.8 Å². The number of hydrogen-bond acceptors (Lipinski definition) is 6. The third kappa shape index (κ3) is 4.35. The number of carbonyl (C=O) groups excluding carboxylic acids is 1. The molecule has 0 aliphatic rings. The molecule has 0 fully saturated rings. The Bertz CT molecular complexity index is 813. The van der Waals surface area contributed by atoms with Crippen LogP contribution < -0.4 is 10.7 Å². The number of aromatic hydroxyl groups is 1. The van der Waals surface area contributed by atoms with E-state index in [2.05, 4.69) is 15.3 Å². The first-order chi connectivity index (χ1) is 11.3. The molecule has 0 aliphatic heterocycles. The van der Waals surface area contributed by atoms with Crippen LogP contribution >= 0.6 is 11.8 Å². The Hall–Kier alpha value is -2.35. The lowest BCUT2D eigenvalue weighted by molar-refractivity contribution is -0.118. The van der Waals surface area contributed by atoms with Crippen LogP contribution in [-0.2, 0) is 18.4 Å². The Morgan fingerprint density at radius 2 is 1.88 bits per heavy atom. The molecule has 0 aromatic carbocycles. The van der Waals surface area contributed by atoms with Gasteiger partial charge in [-0.2, -0.15) is 0 Å². The number of nitrogens with one attached hydrogen (secondary N) is 1. The summed E-state index contributed by atoms with van der Waals surface area (Å²) in [6.07, 6.45) is 0. The number of amides is 1. The van der Waals surface area contributed by atoms with Crippen molar-refractivity contribution >= 4 is 17.7 Å². The van der Waals surface area contributed by atoms with Crippen molar-refractivity contribution in [2.24, 2.45) is 7.05 Å². The second kappa shape index (κ2) is 7.48. The van der Waals surface area contributed by atoms with Crippen molar-refractivity contribution in [2.45, 2.75) is 32.5 Å². The van der Waals surface area contributed by atoms with E-state index in [4.69, 9.17) is 0 Å². The summed E-state index contributed by atoms with van der Waals surface area (Å²) in [6, 6.07) is 3.22. The summed E-state index contributed by atoms with van der Waals surface area (Å²) in [5.74, 6) is -0.409. The van der Waals surface area contributed by atoms with Crippen LogP contribution in [0.3, 0.4) is 0 Å². The van der Waals surface area contributed by atoms with Gasteiger partial charge in [0, 0.05) is 30.2 Å². The molecule has 0 unspecified atom stereocenters. The van der Waals surface area contributed by atoms with E-state index in [1.807, 2.05) is 19.9 Å². The second-order valence-corrected chi connectivity index (χ2v) is 6.45. The molecule has 8 heteroatoms. The monoisotopic (exact) mass is 348 g/mol. The van der Waals surface area contributed by atoms with E-state index in [0.29, 0.717) is 16.5 Å². The topological polar surface area (TPSA) is 97.1 Å². The molecule has 2 aromatic heterocycles. The summed E-state index contributed by atoms with van der Waals surface area (Å²) in [6.45, 7) is 5.59. The minimum Gasteiger partial charge on any atom is -0.503 e. The van der Waals surface area contributed by atoms with Gasteiger partial charge in [-0.15, -0.1) is 0 Å². The van der Waals surface area contributed by atoms with Crippen molar-refractivity contribution in [3.8, 4) is 5.75 Å². The molecule has 7 nitrogen and oxygen atoms in total. The van der Waals surface area contributed by atoms with E-state index < -0.39 is 5.43 Å². The fraction of sp³-hybridized carbons (Fsp3) is 0.375. The zero-order valence-corrected chi connectivity index (χ0v) is 14.9. The summed E-state index contributed by atoms with van der Waals surface area (Å²) < 4.78 is 1.68. The van der Waals surface area contributed by atoms with Crippen molar-refractivity contribution in [1.82, 2.24) is 19.9 Å². The lowest BCUT2D eigenvalue weighted by Gasteiger charge is -2.14. The molecule has 0 saturated heterocycles. The first-order valence-electron chi connectivity index (χ1n) is 7.38. The van der Waals surface area contributed by atoms with Crippen molar-refractivity contribution < 1.29 is 9.90 Å². The summed E-state index contributed by atoms with van der Waals surface area (Å²) >= 11 is 1.24. The summed E-state index contributed by atoms with van der Waals surface area (Å²) in [7, 11) is 1.73. The normalized spacial score (nSPS) is 10.7. The average molecular weight is 348 g/mol. The molecule has 0 atom stereocenters. The minimum atomic E-state index is -0.451. The van der Waals surface area contributed by atoms with E-state index in [-0.39, 0.29) is 24.0 Å². The molecule has 2 aromatic rings. The highest BCUT2D eigenvalue weighted by molar-refractivity contribution is 7.99. The molecular formula is C16H20N4O3S. The van der Waals surface area contributed by atoms with E-state index in [0.717, 1.165) is 11.4 Å². The molecular weight excluding hydrogens is 328 g/mol. The van der Waals surface area contributed by atoms with Crippen molar-refractivity contribution in [3.05, 3.63) is 45.1 Å². The van der Waals surface area contributed by atoms with E-state index in [1.54, 1.807) is 18.5 Å². The largest absolute Gasteiger partial charge is 0.503 e. The van der Waals surface area contributed by atoms with Gasteiger partial charge in [-0.1, -0.05) is 11.8 Å². The van der Waals surface area contributed by atoms with E-state index in [1.165, 1.54) is 17.8 Å². The Balaban J connectivity index is 1.98. The fourth-order valence-corrected chi connectivity index (χ4v) is 2.97. The maximum atomic E-state index is 12.0. The molecule has 0 radical (unpaired) electrons. The average Bonchev–Trinajstić information content (AvgIpc) is 2.50. The van der Waals surface area contributed by atoms with Crippen LogP contribution in [0.25, 0.3) is 0 Å². The number of aromatic nitrogens is 3. The molecule has 0 aliphatic carbocycles. The van der Waals surface area contributed by atoms with Gasteiger partial charge in [0.2, 0.25) is 11.3 Å². The van der Waals surface area contributed by atoms with Crippen molar-refractivity contribution in [1.29, 1.82) is 0 Å². The van der Waals surface area contributed by atoms with Gasteiger partial charge in [0.05, 0.1) is 18.0 Å².